The van der Waals surface area contributed by atoms with Crippen LogP contribution in [0.3, 0.4) is 0 Å². The lowest BCUT2D eigenvalue weighted by Gasteiger charge is -2.31. The van der Waals surface area contributed by atoms with E-state index in [4.69, 9.17) is 4.74 Å². The Balaban J connectivity index is 2.36. The first kappa shape index (κ1) is 16.4. The van der Waals surface area contributed by atoms with Crippen LogP contribution in [0.4, 0.5) is 0 Å². The molecule has 0 heterocycles. The molecule has 1 saturated carbocycles. The van der Waals surface area contributed by atoms with E-state index in [1.54, 1.807) is 7.11 Å². The predicted octanol–water partition coefficient (Wildman–Crippen LogP) is 4.74. The minimum absolute atomic E-state index is 0.702. The van der Waals surface area contributed by atoms with Gasteiger partial charge in [0, 0.05) is 5.56 Å². The van der Waals surface area contributed by atoms with E-state index in [0.717, 1.165) is 48.5 Å². The van der Waals surface area contributed by atoms with Crippen molar-refractivity contribution in [2.24, 2.45) is 11.8 Å². The minimum Gasteiger partial charge on any atom is -0.496 e. The fourth-order valence-electron chi connectivity index (χ4n) is 3.95. The quantitative estimate of drug-likeness (QED) is 0.815. The van der Waals surface area contributed by atoms with Gasteiger partial charge in [0.1, 0.15) is 5.75 Å². The highest BCUT2D eigenvalue weighted by molar-refractivity contribution is 5.46. The van der Waals surface area contributed by atoms with E-state index < -0.39 is 5.60 Å². The van der Waals surface area contributed by atoms with Crippen molar-refractivity contribution >= 4 is 0 Å². The van der Waals surface area contributed by atoms with Gasteiger partial charge in [-0.15, -0.1) is 0 Å². The number of benzene rings is 1. The van der Waals surface area contributed by atoms with Crippen molar-refractivity contribution in [3.63, 3.8) is 0 Å². The monoisotopic (exact) mass is 290 g/mol. The zero-order valence-electron chi connectivity index (χ0n) is 14.2. The summed E-state index contributed by atoms with van der Waals surface area (Å²) in [6.45, 7) is 8.76. The van der Waals surface area contributed by atoms with Crippen molar-refractivity contribution in [1.29, 1.82) is 0 Å². The molecule has 0 saturated heterocycles. The van der Waals surface area contributed by atoms with Crippen molar-refractivity contribution in [3.8, 4) is 5.75 Å². The second-order valence-corrected chi connectivity index (χ2v) is 7.13. The first-order valence-corrected chi connectivity index (χ1v) is 8.25. The average molecular weight is 290 g/mol. The molecule has 2 heteroatoms. The molecule has 118 valence electrons. The zero-order valence-corrected chi connectivity index (χ0v) is 14.2. The molecule has 1 aromatic rings. The van der Waals surface area contributed by atoms with Gasteiger partial charge in [-0.05, 0) is 68.6 Å². The number of aryl methyl sites for hydroxylation is 2. The Kier molecular flexibility index (Phi) is 4.98. The molecule has 0 bridgehead atoms. The van der Waals surface area contributed by atoms with Gasteiger partial charge < -0.3 is 9.84 Å². The maximum Gasteiger partial charge on any atom is 0.125 e. The topological polar surface area (TPSA) is 29.5 Å². The smallest absolute Gasteiger partial charge is 0.125 e. The van der Waals surface area contributed by atoms with Crippen LogP contribution in [0.5, 0.6) is 5.75 Å². The fraction of sp³-hybridized carbons (Fsp3) is 0.684. The number of rotatable bonds is 3. The summed E-state index contributed by atoms with van der Waals surface area (Å²) in [4.78, 5) is 0. The highest BCUT2D eigenvalue weighted by atomic mass is 16.5. The molecular formula is C19H30O2. The van der Waals surface area contributed by atoms with Crippen molar-refractivity contribution in [2.45, 2.75) is 65.4 Å². The summed E-state index contributed by atoms with van der Waals surface area (Å²) in [5.41, 5.74) is 2.62. The van der Waals surface area contributed by atoms with Crippen LogP contribution in [0.2, 0.25) is 0 Å². The number of hydrogen-bond donors (Lipinski definition) is 1. The third-order valence-corrected chi connectivity index (χ3v) is 5.17. The van der Waals surface area contributed by atoms with Gasteiger partial charge in [0.05, 0.1) is 12.7 Å². The Labute approximate surface area is 129 Å². The maximum atomic E-state index is 11.3. The molecule has 1 aliphatic rings. The van der Waals surface area contributed by atoms with E-state index in [0.29, 0.717) is 5.92 Å². The molecule has 2 unspecified atom stereocenters. The largest absolute Gasteiger partial charge is 0.496 e. The van der Waals surface area contributed by atoms with Crippen LogP contribution in [0.1, 0.15) is 62.6 Å². The van der Waals surface area contributed by atoms with Crippen LogP contribution in [-0.4, -0.2) is 12.2 Å². The molecule has 1 fully saturated rings. The van der Waals surface area contributed by atoms with Crippen LogP contribution in [0, 0.1) is 25.7 Å². The van der Waals surface area contributed by atoms with Crippen LogP contribution in [-0.2, 0) is 5.60 Å². The maximum absolute atomic E-state index is 11.3. The number of aliphatic hydroxyl groups is 1. The van der Waals surface area contributed by atoms with Crippen LogP contribution >= 0.6 is 0 Å². The first-order valence-electron chi connectivity index (χ1n) is 8.25. The molecule has 21 heavy (non-hydrogen) atoms. The third kappa shape index (κ3) is 3.42. The van der Waals surface area contributed by atoms with E-state index in [1.807, 2.05) is 6.07 Å². The van der Waals surface area contributed by atoms with Gasteiger partial charge in [-0.3, -0.25) is 0 Å². The normalized spacial score (nSPS) is 26.7. The summed E-state index contributed by atoms with van der Waals surface area (Å²) in [7, 11) is 1.70. The van der Waals surface area contributed by atoms with Gasteiger partial charge in [0.2, 0.25) is 0 Å². The highest BCUT2D eigenvalue weighted by Gasteiger charge is 2.36. The van der Waals surface area contributed by atoms with Crippen molar-refractivity contribution < 1.29 is 9.84 Å². The van der Waals surface area contributed by atoms with Crippen LogP contribution in [0.15, 0.2) is 12.1 Å². The summed E-state index contributed by atoms with van der Waals surface area (Å²) in [5.74, 6) is 2.28. The molecule has 1 aromatic carbocycles. The van der Waals surface area contributed by atoms with E-state index in [2.05, 4.69) is 33.8 Å². The summed E-state index contributed by atoms with van der Waals surface area (Å²) in [5, 5.41) is 11.3. The lowest BCUT2D eigenvalue weighted by atomic mass is 9.82. The molecule has 1 aliphatic carbocycles. The minimum atomic E-state index is -0.729. The van der Waals surface area contributed by atoms with E-state index in [9.17, 15) is 5.11 Å². The number of ether oxygens (including phenoxy) is 1. The van der Waals surface area contributed by atoms with Gasteiger partial charge in [-0.25, -0.2) is 0 Å². The molecule has 0 amide bonds. The van der Waals surface area contributed by atoms with Gasteiger partial charge in [-0.1, -0.05) is 26.3 Å². The molecule has 2 atom stereocenters. The molecule has 2 nitrogen and oxygen atoms in total. The Morgan fingerprint density at radius 2 is 1.90 bits per heavy atom. The third-order valence-electron chi connectivity index (χ3n) is 5.17. The van der Waals surface area contributed by atoms with Crippen molar-refractivity contribution in [1.82, 2.24) is 0 Å². The second-order valence-electron chi connectivity index (χ2n) is 7.13. The summed E-state index contributed by atoms with van der Waals surface area (Å²) in [6.07, 6.45) is 5.11. The molecular weight excluding hydrogens is 260 g/mol. The average Bonchev–Trinajstić information content (AvgIpc) is 2.60. The first-order chi connectivity index (χ1) is 9.87. The standard InChI is InChI=1S/C19H30O2/c1-13(2)16-7-6-9-19(20,10-8-16)18-15(4)11-14(3)12-17(18)21-5/h11-13,16,20H,6-10H2,1-5H3. The second kappa shape index (κ2) is 6.39. The molecule has 2 rings (SSSR count). The van der Waals surface area contributed by atoms with Crippen molar-refractivity contribution in [3.05, 3.63) is 28.8 Å². The van der Waals surface area contributed by atoms with Gasteiger partial charge in [0.15, 0.2) is 0 Å². The number of methoxy groups -OCH3 is 1. The molecule has 0 spiro atoms. The SMILES string of the molecule is COc1cc(C)cc(C)c1C1(O)CCCC(C(C)C)CC1. The Hall–Kier alpha value is -1.02. The molecule has 0 aromatic heterocycles. The zero-order chi connectivity index (χ0) is 15.6. The lowest BCUT2D eigenvalue weighted by Crippen LogP contribution is -2.27. The molecule has 0 radical (unpaired) electrons. The lowest BCUT2D eigenvalue weighted by molar-refractivity contribution is 0.0163. The van der Waals surface area contributed by atoms with Crippen molar-refractivity contribution in [2.75, 3.05) is 7.11 Å². The number of hydrogen-bond acceptors (Lipinski definition) is 2. The summed E-state index contributed by atoms with van der Waals surface area (Å²) >= 11 is 0. The van der Waals surface area contributed by atoms with E-state index >= 15 is 0 Å². The predicted molar refractivity (Wildman–Crippen MR) is 87.8 cm³/mol. The molecule has 0 aliphatic heterocycles. The Bertz CT molecular complexity index is 493. The van der Waals surface area contributed by atoms with Gasteiger partial charge >= 0.3 is 0 Å². The highest BCUT2D eigenvalue weighted by Crippen LogP contribution is 2.44. The molecule has 1 N–H and O–H groups in total. The fourth-order valence-corrected chi connectivity index (χ4v) is 3.95. The van der Waals surface area contributed by atoms with E-state index in [-0.39, 0.29) is 0 Å². The Morgan fingerprint density at radius 3 is 2.52 bits per heavy atom. The van der Waals surface area contributed by atoms with Crippen LogP contribution < -0.4 is 4.74 Å². The summed E-state index contributed by atoms with van der Waals surface area (Å²) < 4.78 is 5.58. The van der Waals surface area contributed by atoms with Gasteiger partial charge in [-0.2, -0.15) is 0 Å². The Morgan fingerprint density at radius 1 is 1.19 bits per heavy atom. The van der Waals surface area contributed by atoms with E-state index in [1.165, 1.54) is 12.0 Å². The summed E-state index contributed by atoms with van der Waals surface area (Å²) in [6, 6.07) is 4.20. The van der Waals surface area contributed by atoms with Gasteiger partial charge in [0.25, 0.3) is 0 Å². The van der Waals surface area contributed by atoms with Crippen LogP contribution in [0.25, 0.3) is 0 Å².